The van der Waals surface area contributed by atoms with Crippen LogP contribution < -0.4 is 19.5 Å². The summed E-state index contributed by atoms with van der Waals surface area (Å²) in [4.78, 5) is 17.3. The Morgan fingerprint density at radius 2 is 1.71 bits per heavy atom. The quantitative estimate of drug-likeness (QED) is 0.282. The number of fused-ring (bicyclic) bond motifs is 1. The molecule has 1 unspecified atom stereocenters. The summed E-state index contributed by atoms with van der Waals surface area (Å²) < 4.78 is 19.0. The molecule has 1 heterocycles. The van der Waals surface area contributed by atoms with E-state index in [9.17, 15) is 4.79 Å². The van der Waals surface area contributed by atoms with Gasteiger partial charge in [-0.05, 0) is 61.9 Å². The zero-order valence-corrected chi connectivity index (χ0v) is 20.5. The van der Waals surface area contributed by atoms with Crippen molar-refractivity contribution in [2.75, 3.05) is 20.3 Å². The lowest BCUT2D eigenvalue weighted by Gasteiger charge is -2.17. The molecule has 0 saturated heterocycles. The number of rotatable bonds is 11. The third-order valence-electron chi connectivity index (χ3n) is 5.49. The Balaban J connectivity index is 1.39. The number of ether oxygens (including phenoxy) is 3. The van der Waals surface area contributed by atoms with E-state index in [2.05, 4.69) is 9.88 Å². The van der Waals surface area contributed by atoms with Crippen molar-refractivity contribution in [1.82, 2.24) is 14.9 Å². The number of amides is 1. The van der Waals surface area contributed by atoms with Gasteiger partial charge in [-0.25, -0.2) is 4.98 Å². The van der Waals surface area contributed by atoms with E-state index in [1.165, 1.54) is 0 Å². The maximum absolute atomic E-state index is 12.5. The van der Waals surface area contributed by atoms with Crippen LogP contribution in [0.15, 0.2) is 72.8 Å². The molecule has 0 aliphatic carbocycles. The summed E-state index contributed by atoms with van der Waals surface area (Å²) in [5.41, 5.74) is 1.89. The number of para-hydroxylation sites is 4. The largest absolute Gasteiger partial charge is 0.493 e. The fourth-order valence-electron chi connectivity index (χ4n) is 3.83. The molecule has 1 N–H and O–H groups in total. The molecule has 35 heavy (non-hydrogen) atoms. The van der Waals surface area contributed by atoms with Crippen molar-refractivity contribution >= 4 is 28.5 Å². The highest BCUT2D eigenvalue weighted by Crippen LogP contribution is 2.26. The number of nitrogens with zero attached hydrogens (tertiary/aromatic N) is 2. The van der Waals surface area contributed by atoms with Crippen molar-refractivity contribution in [3.05, 3.63) is 83.6 Å². The predicted molar refractivity (Wildman–Crippen MR) is 136 cm³/mol. The van der Waals surface area contributed by atoms with Crippen LogP contribution in [0.4, 0.5) is 0 Å². The number of carbonyl (C=O) groups is 1. The van der Waals surface area contributed by atoms with E-state index >= 15 is 0 Å². The van der Waals surface area contributed by atoms with Gasteiger partial charge in [-0.15, -0.1) is 0 Å². The first-order valence-corrected chi connectivity index (χ1v) is 11.8. The summed E-state index contributed by atoms with van der Waals surface area (Å²) in [5.74, 6) is 2.55. The van der Waals surface area contributed by atoms with Gasteiger partial charge in [0.25, 0.3) is 5.91 Å². The zero-order valence-electron chi connectivity index (χ0n) is 19.7. The van der Waals surface area contributed by atoms with Crippen LogP contribution in [0.2, 0.25) is 5.02 Å². The van der Waals surface area contributed by atoms with Crippen molar-refractivity contribution in [1.29, 1.82) is 0 Å². The number of nitrogens with one attached hydrogen (secondary N) is 1. The van der Waals surface area contributed by atoms with E-state index in [1.54, 1.807) is 31.4 Å². The van der Waals surface area contributed by atoms with E-state index in [-0.39, 0.29) is 18.6 Å². The first-order chi connectivity index (χ1) is 17.0. The van der Waals surface area contributed by atoms with Gasteiger partial charge < -0.3 is 24.1 Å². The van der Waals surface area contributed by atoms with E-state index in [4.69, 9.17) is 30.8 Å². The summed E-state index contributed by atoms with van der Waals surface area (Å²) in [5, 5.41) is 3.60. The standard InChI is InChI=1S/C27H28ClN3O4/c1-19(29-26(32)18-35-21-14-12-20(28)13-15-21)27-30-22-8-3-4-9-23(22)31(27)16-7-17-34-25-11-6-5-10-24(25)33-2/h3-6,8-15,19H,7,16-18H2,1-2H3,(H,29,32). The average molecular weight is 494 g/mol. The van der Waals surface area contributed by atoms with Crippen LogP contribution in [0.3, 0.4) is 0 Å². The number of aromatic nitrogens is 2. The van der Waals surface area contributed by atoms with E-state index in [1.807, 2.05) is 55.5 Å². The number of hydrogen-bond donors (Lipinski definition) is 1. The molecule has 182 valence electrons. The smallest absolute Gasteiger partial charge is 0.258 e. The molecule has 0 aliphatic heterocycles. The molecule has 0 fully saturated rings. The summed E-state index contributed by atoms with van der Waals surface area (Å²) in [6.45, 7) is 3.02. The highest BCUT2D eigenvalue weighted by molar-refractivity contribution is 6.30. The van der Waals surface area contributed by atoms with Crippen LogP contribution in [-0.4, -0.2) is 35.8 Å². The van der Waals surface area contributed by atoms with Gasteiger partial charge in [-0.2, -0.15) is 0 Å². The number of carbonyl (C=O) groups excluding carboxylic acids is 1. The molecule has 4 rings (SSSR count). The monoisotopic (exact) mass is 493 g/mol. The second kappa shape index (κ2) is 11.6. The molecule has 0 bridgehead atoms. The Kier molecular flexibility index (Phi) is 8.11. The van der Waals surface area contributed by atoms with Gasteiger partial charge in [0.1, 0.15) is 11.6 Å². The van der Waals surface area contributed by atoms with Crippen LogP contribution in [0.1, 0.15) is 25.2 Å². The minimum Gasteiger partial charge on any atom is -0.493 e. The van der Waals surface area contributed by atoms with Crippen molar-refractivity contribution < 1.29 is 19.0 Å². The molecular weight excluding hydrogens is 466 g/mol. The molecule has 1 atom stereocenters. The molecule has 8 heteroatoms. The van der Waals surface area contributed by atoms with Gasteiger partial charge in [-0.3, -0.25) is 4.79 Å². The van der Waals surface area contributed by atoms with E-state index in [0.717, 1.165) is 23.3 Å². The van der Waals surface area contributed by atoms with Crippen molar-refractivity contribution in [3.63, 3.8) is 0 Å². The normalized spacial score (nSPS) is 11.7. The van der Waals surface area contributed by atoms with Gasteiger partial charge in [-0.1, -0.05) is 35.9 Å². The third-order valence-corrected chi connectivity index (χ3v) is 5.74. The Hall–Kier alpha value is -3.71. The molecular formula is C27H28ClN3O4. The van der Waals surface area contributed by atoms with Crippen LogP contribution >= 0.6 is 11.6 Å². The lowest BCUT2D eigenvalue weighted by atomic mass is 10.3. The predicted octanol–water partition coefficient (Wildman–Crippen LogP) is 5.42. The lowest BCUT2D eigenvalue weighted by Crippen LogP contribution is -2.32. The second-order valence-electron chi connectivity index (χ2n) is 8.00. The topological polar surface area (TPSA) is 74.6 Å². The van der Waals surface area contributed by atoms with Crippen LogP contribution in [0.25, 0.3) is 11.0 Å². The number of methoxy groups -OCH3 is 1. The van der Waals surface area contributed by atoms with Crippen molar-refractivity contribution in [3.8, 4) is 17.2 Å². The average Bonchev–Trinajstić information content (AvgIpc) is 3.25. The number of imidazole rings is 1. The number of benzene rings is 3. The molecule has 3 aromatic carbocycles. The van der Waals surface area contributed by atoms with Crippen molar-refractivity contribution in [2.45, 2.75) is 25.9 Å². The first-order valence-electron chi connectivity index (χ1n) is 11.4. The lowest BCUT2D eigenvalue weighted by molar-refractivity contribution is -0.123. The maximum atomic E-state index is 12.5. The SMILES string of the molecule is COc1ccccc1OCCCn1c(C(C)NC(=O)COc2ccc(Cl)cc2)nc2ccccc21. The molecule has 1 amide bonds. The zero-order chi connectivity index (χ0) is 24.6. The number of hydrogen-bond acceptors (Lipinski definition) is 5. The summed E-state index contributed by atoms with van der Waals surface area (Å²) in [6, 6.07) is 22.1. The van der Waals surface area contributed by atoms with Gasteiger partial charge in [0.2, 0.25) is 0 Å². The van der Waals surface area contributed by atoms with Crippen LogP contribution in [-0.2, 0) is 11.3 Å². The second-order valence-corrected chi connectivity index (χ2v) is 8.43. The highest BCUT2D eigenvalue weighted by Gasteiger charge is 2.18. The fraction of sp³-hybridized carbons (Fsp3) is 0.259. The van der Waals surface area contributed by atoms with E-state index < -0.39 is 0 Å². The number of halogens is 1. The molecule has 0 spiro atoms. The fourth-order valence-corrected chi connectivity index (χ4v) is 3.96. The molecule has 0 aliphatic rings. The first kappa shape index (κ1) is 24.4. The van der Waals surface area contributed by atoms with Crippen LogP contribution in [0, 0.1) is 0 Å². The molecule has 4 aromatic rings. The van der Waals surface area contributed by atoms with E-state index in [0.29, 0.717) is 35.4 Å². The maximum Gasteiger partial charge on any atom is 0.258 e. The molecule has 0 saturated carbocycles. The van der Waals surface area contributed by atoms with Gasteiger partial charge >= 0.3 is 0 Å². The Morgan fingerprint density at radius 3 is 2.49 bits per heavy atom. The minimum absolute atomic E-state index is 0.0983. The van der Waals surface area contributed by atoms with Gasteiger partial charge in [0, 0.05) is 11.6 Å². The minimum atomic E-state index is -0.307. The summed E-state index contributed by atoms with van der Waals surface area (Å²) in [6.07, 6.45) is 0.756. The third kappa shape index (κ3) is 6.25. The van der Waals surface area contributed by atoms with Crippen molar-refractivity contribution in [2.24, 2.45) is 0 Å². The Morgan fingerprint density at radius 1 is 1.00 bits per heavy atom. The summed E-state index contributed by atoms with van der Waals surface area (Å²) >= 11 is 5.89. The molecule has 7 nitrogen and oxygen atoms in total. The van der Waals surface area contributed by atoms with Gasteiger partial charge in [0.15, 0.2) is 18.1 Å². The summed E-state index contributed by atoms with van der Waals surface area (Å²) in [7, 11) is 1.63. The number of aryl methyl sites for hydroxylation is 1. The molecule has 1 aromatic heterocycles. The van der Waals surface area contributed by atoms with Gasteiger partial charge in [0.05, 0.1) is 30.8 Å². The Bertz CT molecular complexity index is 1270. The Labute approximate surface area is 209 Å². The highest BCUT2D eigenvalue weighted by atomic mass is 35.5. The molecule has 0 radical (unpaired) electrons. The van der Waals surface area contributed by atoms with Crippen LogP contribution in [0.5, 0.6) is 17.2 Å².